The second-order valence-electron chi connectivity index (χ2n) is 8.99. The van der Waals surface area contributed by atoms with Gasteiger partial charge in [-0.05, 0) is 55.0 Å². The molecular formula is C24H23ClN8O. The molecule has 2 bridgehead atoms. The summed E-state index contributed by atoms with van der Waals surface area (Å²) in [5.74, 6) is 1.59. The highest BCUT2D eigenvalue weighted by atomic mass is 35.5. The molecule has 2 atom stereocenters. The van der Waals surface area contributed by atoms with E-state index in [1.807, 2.05) is 17.0 Å². The summed E-state index contributed by atoms with van der Waals surface area (Å²) in [6.45, 7) is 2.81. The molecule has 3 aromatic heterocycles. The van der Waals surface area contributed by atoms with Gasteiger partial charge in [0.15, 0.2) is 5.65 Å². The van der Waals surface area contributed by atoms with E-state index < -0.39 is 0 Å². The van der Waals surface area contributed by atoms with E-state index in [1.54, 1.807) is 43.0 Å². The minimum absolute atomic E-state index is 0.00816. The van der Waals surface area contributed by atoms with Gasteiger partial charge in [0.2, 0.25) is 0 Å². The van der Waals surface area contributed by atoms with Crippen molar-refractivity contribution in [2.24, 2.45) is 11.8 Å². The molecule has 2 saturated heterocycles. The number of nitrogens with one attached hydrogen (secondary N) is 1. The number of pyridine rings is 1. The van der Waals surface area contributed by atoms with Crippen LogP contribution in [0.25, 0.3) is 16.9 Å². The Morgan fingerprint density at radius 1 is 1.15 bits per heavy atom. The molecule has 1 saturated carbocycles. The third kappa shape index (κ3) is 3.56. The number of benzene rings is 1. The molecule has 1 aromatic carbocycles. The van der Waals surface area contributed by atoms with Gasteiger partial charge in [-0.1, -0.05) is 18.5 Å². The zero-order chi connectivity index (χ0) is 23.2. The quantitative estimate of drug-likeness (QED) is 0.471. The van der Waals surface area contributed by atoms with Crippen LogP contribution in [0.1, 0.15) is 30.1 Å². The molecule has 9 nitrogen and oxygen atoms in total. The molecule has 0 radical (unpaired) electrons. The van der Waals surface area contributed by atoms with Gasteiger partial charge in [0.25, 0.3) is 5.91 Å². The number of hydrogen-bond acceptors (Lipinski definition) is 7. The highest BCUT2D eigenvalue weighted by Gasteiger charge is 2.50. The summed E-state index contributed by atoms with van der Waals surface area (Å²) in [4.78, 5) is 30.7. The number of nitrogens with zero attached hydrogens (tertiary/aromatic N) is 7. The first kappa shape index (κ1) is 21.0. The fraction of sp³-hybridized carbons (Fsp3) is 0.333. The van der Waals surface area contributed by atoms with Gasteiger partial charge in [-0.3, -0.25) is 4.79 Å². The van der Waals surface area contributed by atoms with Gasteiger partial charge >= 0.3 is 0 Å². The van der Waals surface area contributed by atoms with Crippen LogP contribution in [0.4, 0.5) is 5.82 Å². The smallest absolute Gasteiger partial charge is 0.256 e. The average molecular weight is 475 g/mol. The summed E-state index contributed by atoms with van der Waals surface area (Å²) in [5.41, 5.74) is 2.46. The molecule has 1 aliphatic carbocycles. The Hall–Kier alpha value is -3.59. The Kier molecular flexibility index (Phi) is 5.13. The Bertz CT molecular complexity index is 1350. The predicted molar refractivity (Wildman–Crippen MR) is 128 cm³/mol. The van der Waals surface area contributed by atoms with Gasteiger partial charge in [0, 0.05) is 23.8 Å². The highest BCUT2D eigenvalue weighted by Crippen LogP contribution is 2.47. The molecule has 0 spiro atoms. The molecule has 34 heavy (non-hydrogen) atoms. The van der Waals surface area contributed by atoms with Crippen LogP contribution in [0.2, 0.25) is 5.02 Å². The SMILES string of the molecule is C[C@@H]1C2CC(C2)N(C(=O)c2cc(Cl)ccc2-n2nccn2)[C@@H]1CNc1cnc2ncccc2n1. The molecule has 5 heterocycles. The monoisotopic (exact) mass is 474 g/mol. The summed E-state index contributed by atoms with van der Waals surface area (Å²) in [6.07, 6.45) is 8.63. The average Bonchev–Trinajstić information content (AvgIpc) is 3.36. The summed E-state index contributed by atoms with van der Waals surface area (Å²) in [6, 6.07) is 9.21. The number of carbonyl (C=O) groups is 1. The molecule has 172 valence electrons. The van der Waals surface area contributed by atoms with E-state index in [0.717, 1.165) is 18.4 Å². The Morgan fingerprint density at radius 2 is 1.97 bits per heavy atom. The number of rotatable bonds is 5. The summed E-state index contributed by atoms with van der Waals surface area (Å²) < 4.78 is 0. The number of fused-ring (bicyclic) bond motifs is 3. The fourth-order valence-corrected chi connectivity index (χ4v) is 5.38. The van der Waals surface area contributed by atoms with Crippen LogP contribution in [0, 0.1) is 11.8 Å². The molecular weight excluding hydrogens is 452 g/mol. The number of piperidine rings is 2. The molecule has 3 aliphatic rings. The van der Waals surface area contributed by atoms with Crippen molar-refractivity contribution in [3.8, 4) is 5.69 Å². The van der Waals surface area contributed by atoms with Crippen LogP contribution in [0.5, 0.6) is 0 Å². The molecule has 7 rings (SSSR count). The number of carbonyl (C=O) groups excluding carboxylic acids is 1. The summed E-state index contributed by atoms with van der Waals surface area (Å²) >= 11 is 6.31. The first-order valence-corrected chi connectivity index (χ1v) is 11.8. The number of amides is 1. The standard InChI is InChI=1S/C24H23ClN8O/c1-14-15-9-17(10-15)32(21(14)12-27-22-13-28-23-19(31-22)3-2-6-26-23)24(34)18-11-16(25)4-5-20(18)33-29-7-8-30-33/h2-8,11,13-15,17,21H,9-10,12H2,1H3,(H,27,31)/t14-,15?,17?,21-/m1/s1. The highest BCUT2D eigenvalue weighted by molar-refractivity contribution is 6.31. The predicted octanol–water partition coefficient (Wildman–Crippen LogP) is 3.61. The Morgan fingerprint density at radius 3 is 2.79 bits per heavy atom. The van der Waals surface area contributed by atoms with Gasteiger partial charge in [-0.2, -0.15) is 15.0 Å². The minimum Gasteiger partial charge on any atom is -0.367 e. The lowest BCUT2D eigenvalue weighted by Gasteiger charge is -2.57. The van der Waals surface area contributed by atoms with E-state index in [2.05, 4.69) is 37.4 Å². The fourth-order valence-electron chi connectivity index (χ4n) is 5.21. The van der Waals surface area contributed by atoms with Crippen molar-refractivity contribution in [1.82, 2.24) is 34.8 Å². The lowest BCUT2D eigenvalue weighted by Crippen LogP contribution is -2.64. The van der Waals surface area contributed by atoms with Crippen molar-refractivity contribution >= 4 is 34.5 Å². The first-order valence-electron chi connectivity index (χ1n) is 11.4. The van der Waals surface area contributed by atoms with Gasteiger partial charge in [-0.15, -0.1) is 0 Å². The molecule has 3 fully saturated rings. The van der Waals surface area contributed by atoms with Crippen molar-refractivity contribution in [3.63, 3.8) is 0 Å². The molecule has 10 heteroatoms. The topological polar surface area (TPSA) is 102 Å². The zero-order valence-corrected chi connectivity index (χ0v) is 19.3. The van der Waals surface area contributed by atoms with E-state index in [-0.39, 0.29) is 18.0 Å². The van der Waals surface area contributed by atoms with Gasteiger partial charge in [0.05, 0.1) is 35.9 Å². The number of aromatic nitrogens is 6. The minimum atomic E-state index is -0.0506. The van der Waals surface area contributed by atoms with Crippen LogP contribution in [0.3, 0.4) is 0 Å². The maximum absolute atomic E-state index is 14.0. The van der Waals surface area contributed by atoms with Crippen LogP contribution >= 0.6 is 11.6 Å². The summed E-state index contributed by atoms with van der Waals surface area (Å²) in [7, 11) is 0. The number of anilines is 1. The van der Waals surface area contributed by atoms with Crippen LogP contribution < -0.4 is 5.32 Å². The van der Waals surface area contributed by atoms with Gasteiger partial charge in [-0.25, -0.2) is 15.0 Å². The molecule has 1 N–H and O–H groups in total. The zero-order valence-electron chi connectivity index (χ0n) is 18.5. The van der Waals surface area contributed by atoms with Gasteiger partial charge in [0.1, 0.15) is 11.3 Å². The van der Waals surface area contributed by atoms with E-state index >= 15 is 0 Å². The normalized spacial score (nSPS) is 23.5. The van der Waals surface area contributed by atoms with E-state index in [9.17, 15) is 4.79 Å². The molecule has 1 amide bonds. The van der Waals surface area contributed by atoms with Crippen molar-refractivity contribution in [3.05, 3.63) is 65.7 Å². The second kappa shape index (κ2) is 8.32. The Balaban J connectivity index is 1.30. The van der Waals surface area contributed by atoms with E-state index in [4.69, 9.17) is 11.6 Å². The maximum Gasteiger partial charge on any atom is 0.256 e. The van der Waals surface area contributed by atoms with Crippen LogP contribution in [-0.2, 0) is 0 Å². The second-order valence-corrected chi connectivity index (χ2v) is 9.42. The van der Waals surface area contributed by atoms with Crippen molar-refractivity contribution in [2.45, 2.75) is 31.8 Å². The lowest BCUT2D eigenvalue weighted by molar-refractivity contribution is -0.0502. The third-order valence-electron chi connectivity index (χ3n) is 7.12. The van der Waals surface area contributed by atoms with E-state index in [1.165, 1.54) is 4.80 Å². The van der Waals surface area contributed by atoms with Crippen LogP contribution in [0.15, 0.2) is 55.1 Å². The maximum atomic E-state index is 14.0. The van der Waals surface area contributed by atoms with Crippen molar-refractivity contribution < 1.29 is 4.79 Å². The number of halogens is 1. The number of hydrogen-bond donors (Lipinski definition) is 1. The molecule has 2 aliphatic heterocycles. The van der Waals surface area contributed by atoms with Crippen molar-refractivity contribution in [1.29, 1.82) is 0 Å². The lowest BCUT2D eigenvalue weighted by atomic mass is 9.64. The first-order chi connectivity index (χ1) is 16.6. The van der Waals surface area contributed by atoms with Crippen LogP contribution in [-0.4, -0.2) is 59.4 Å². The summed E-state index contributed by atoms with van der Waals surface area (Å²) in [5, 5.41) is 12.4. The molecule has 0 unspecified atom stereocenters. The third-order valence-corrected chi connectivity index (χ3v) is 7.35. The Labute approximate surface area is 201 Å². The van der Waals surface area contributed by atoms with Crippen molar-refractivity contribution in [2.75, 3.05) is 11.9 Å². The largest absolute Gasteiger partial charge is 0.367 e. The van der Waals surface area contributed by atoms with E-state index in [0.29, 0.717) is 46.1 Å². The molecule has 4 aromatic rings. The van der Waals surface area contributed by atoms with Gasteiger partial charge < -0.3 is 10.2 Å².